The Labute approximate surface area is 213 Å². The van der Waals surface area contributed by atoms with Crippen molar-refractivity contribution in [2.24, 2.45) is 0 Å². The Morgan fingerprint density at radius 1 is 0.972 bits per heavy atom. The number of nitrogens with zero attached hydrogens (tertiary/aromatic N) is 4. The third-order valence-corrected chi connectivity index (χ3v) is 6.31. The van der Waals surface area contributed by atoms with E-state index in [0.717, 1.165) is 36.3 Å². The highest BCUT2D eigenvalue weighted by Gasteiger charge is 2.21. The lowest BCUT2D eigenvalue weighted by molar-refractivity contribution is -0.135. The molecule has 1 N–H and O–H groups in total. The number of nitrogens with one attached hydrogen (secondary N) is 1. The van der Waals surface area contributed by atoms with Crippen LogP contribution >= 0.6 is 11.6 Å². The van der Waals surface area contributed by atoms with Crippen LogP contribution in [0, 0.1) is 5.82 Å². The summed E-state index contributed by atoms with van der Waals surface area (Å²) >= 11 is 6.10. The van der Waals surface area contributed by atoms with Crippen LogP contribution in [0.2, 0.25) is 5.02 Å². The minimum Gasteiger partial charge on any atom is -0.484 e. The summed E-state index contributed by atoms with van der Waals surface area (Å²) < 4.78 is 18.5. The van der Waals surface area contributed by atoms with Crippen LogP contribution in [0.1, 0.15) is 5.56 Å². The fraction of sp³-hybridized carbons (Fsp3) is 0.222. The van der Waals surface area contributed by atoms with E-state index < -0.39 is 0 Å². The maximum Gasteiger partial charge on any atom is 0.260 e. The number of amides is 1. The van der Waals surface area contributed by atoms with Gasteiger partial charge in [0, 0.05) is 48.9 Å². The molecule has 0 aliphatic carbocycles. The minimum absolute atomic E-state index is 0.0541. The second-order valence-electron chi connectivity index (χ2n) is 8.62. The first-order valence-electron chi connectivity index (χ1n) is 11.7. The van der Waals surface area contributed by atoms with Gasteiger partial charge in [0.05, 0.1) is 0 Å². The van der Waals surface area contributed by atoms with Gasteiger partial charge in [-0.15, -0.1) is 0 Å². The summed E-state index contributed by atoms with van der Waals surface area (Å²) in [5.74, 6) is 1.37. The zero-order chi connectivity index (χ0) is 24.9. The van der Waals surface area contributed by atoms with Gasteiger partial charge in [-0.3, -0.25) is 14.8 Å². The number of ether oxygens (including phenoxy) is 1. The van der Waals surface area contributed by atoms with E-state index in [1.807, 2.05) is 41.3 Å². The molecule has 3 aromatic carbocycles. The first-order valence-corrected chi connectivity index (χ1v) is 12.1. The SMILES string of the molecule is O=C(COc1ccc(F)cc1)N1CCN(Cc2cccc(-c3n[nH]c(-c4cccc(Cl)c4)n3)c2)CC1. The Kier molecular flexibility index (Phi) is 7.25. The lowest BCUT2D eigenvalue weighted by Gasteiger charge is -2.34. The molecule has 9 heteroatoms. The molecule has 1 saturated heterocycles. The van der Waals surface area contributed by atoms with Crippen LogP contribution < -0.4 is 4.74 Å². The highest BCUT2D eigenvalue weighted by atomic mass is 35.5. The molecule has 2 heterocycles. The van der Waals surface area contributed by atoms with Gasteiger partial charge in [-0.1, -0.05) is 41.9 Å². The predicted molar refractivity (Wildman–Crippen MR) is 136 cm³/mol. The molecule has 0 unspecified atom stereocenters. The van der Waals surface area contributed by atoms with Gasteiger partial charge < -0.3 is 9.64 Å². The Morgan fingerprint density at radius 3 is 2.50 bits per heavy atom. The molecule has 184 valence electrons. The topological polar surface area (TPSA) is 74.3 Å². The van der Waals surface area contributed by atoms with Crippen LogP contribution in [0.25, 0.3) is 22.8 Å². The molecule has 36 heavy (non-hydrogen) atoms. The summed E-state index contributed by atoms with van der Waals surface area (Å²) in [6.45, 7) is 3.53. The Balaban J connectivity index is 1.14. The van der Waals surface area contributed by atoms with Crippen molar-refractivity contribution in [3.8, 4) is 28.5 Å². The van der Waals surface area contributed by atoms with Crippen LogP contribution in [0.3, 0.4) is 0 Å². The van der Waals surface area contributed by atoms with Crippen molar-refractivity contribution in [1.29, 1.82) is 0 Å². The lowest BCUT2D eigenvalue weighted by Crippen LogP contribution is -2.49. The number of benzene rings is 3. The van der Waals surface area contributed by atoms with Gasteiger partial charge in [0.25, 0.3) is 5.91 Å². The maximum atomic E-state index is 13.0. The van der Waals surface area contributed by atoms with Crippen molar-refractivity contribution < 1.29 is 13.9 Å². The molecular weight excluding hydrogens is 481 g/mol. The molecule has 0 bridgehead atoms. The second kappa shape index (κ2) is 10.9. The molecule has 1 amide bonds. The van der Waals surface area contributed by atoms with E-state index in [2.05, 4.69) is 32.2 Å². The van der Waals surface area contributed by atoms with E-state index in [0.29, 0.717) is 35.5 Å². The summed E-state index contributed by atoms with van der Waals surface area (Å²) in [7, 11) is 0. The molecule has 1 aliphatic rings. The fourth-order valence-corrected chi connectivity index (χ4v) is 4.34. The first kappa shape index (κ1) is 24.0. The van der Waals surface area contributed by atoms with Gasteiger partial charge in [0.1, 0.15) is 11.6 Å². The number of rotatable bonds is 7. The summed E-state index contributed by atoms with van der Waals surface area (Å²) in [4.78, 5) is 21.3. The van der Waals surface area contributed by atoms with Gasteiger partial charge in [0.2, 0.25) is 0 Å². The molecule has 1 aliphatic heterocycles. The lowest BCUT2D eigenvalue weighted by atomic mass is 10.1. The normalized spacial score (nSPS) is 14.1. The molecular formula is C27H25ClFN5O2. The Bertz CT molecular complexity index is 1340. The van der Waals surface area contributed by atoms with E-state index in [1.165, 1.54) is 24.3 Å². The zero-order valence-corrected chi connectivity index (χ0v) is 20.3. The quantitative estimate of drug-likeness (QED) is 0.395. The highest BCUT2D eigenvalue weighted by molar-refractivity contribution is 6.30. The van der Waals surface area contributed by atoms with E-state index >= 15 is 0 Å². The van der Waals surface area contributed by atoms with Gasteiger partial charge in [0.15, 0.2) is 18.3 Å². The van der Waals surface area contributed by atoms with E-state index in [9.17, 15) is 9.18 Å². The highest BCUT2D eigenvalue weighted by Crippen LogP contribution is 2.23. The van der Waals surface area contributed by atoms with E-state index in [1.54, 1.807) is 0 Å². The van der Waals surface area contributed by atoms with Crippen molar-refractivity contribution >= 4 is 17.5 Å². The smallest absolute Gasteiger partial charge is 0.260 e. The number of aromatic nitrogens is 3. The predicted octanol–water partition coefficient (Wildman–Crippen LogP) is 4.65. The number of aromatic amines is 1. The standard InChI is InChI=1S/C27H25ClFN5O2/c28-22-6-2-5-21(16-22)27-30-26(31-32-27)20-4-1-3-19(15-20)17-33-11-13-34(14-12-33)25(35)18-36-24-9-7-23(29)8-10-24/h1-10,15-16H,11-14,17-18H2,(H,30,31,32). The van der Waals surface area contributed by atoms with Crippen molar-refractivity contribution in [2.45, 2.75) is 6.54 Å². The second-order valence-corrected chi connectivity index (χ2v) is 9.05. The number of carbonyl (C=O) groups excluding carboxylic acids is 1. The van der Waals surface area contributed by atoms with Gasteiger partial charge in [-0.2, -0.15) is 5.10 Å². The molecule has 1 fully saturated rings. The zero-order valence-electron chi connectivity index (χ0n) is 19.5. The molecule has 0 spiro atoms. The summed E-state index contributed by atoms with van der Waals surface area (Å²) in [5.41, 5.74) is 2.97. The van der Waals surface area contributed by atoms with Gasteiger partial charge in [-0.05, 0) is 48.0 Å². The third-order valence-electron chi connectivity index (χ3n) is 6.08. The summed E-state index contributed by atoms with van der Waals surface area (Å²) in [6.07, 6.45) is 0. The van der Waals surface area contributed by atoms with Gasteiger partial charge in [-0.25, -0.2) is 9.37 Å². The van der Waals surface area contributed by atoms with E-state index in [-0.39, 0.29) is 18.3 Å². The number of hydrogen-bond acceptors (Lipinski definition) is 5. The maximum absolute atomic E-state index is 13.0. The van der Waals surface area contributed by atoms with Gasteiger partial charge >= 0.3 is 0 Å². The fourth-order valence-electron chi connectivity index (χ4n) is 4.15. The molecule has 7 nitrogen and oxygen atoms in total. The average molecular weight is 506 g/mol. The molecule has 0 atom stereocenters. The van der Waals surface area contributed by atoms with Crippen LogP contribution in [0.5, 0.6) is 5.75 Å². The van der Waals surface area contributed by atoms with Crippen LogP contribution in [0.15, 0.2) is 72.8 Å². The third kappa shape index (κ3) is 5.90. The van der Waals surface area contributed by atoms with Crippen molar-refractivity contribution in [2.75, 3.05) is 32.8 Å². The Morgan fingerprint density at radius 2 is 1.72 bits per heavy atom. The van der Waals surface area contributed by atoms with Crippen LogP contribution in [0.4, 0.5) is 4.39 Å². The number of halogens is 2. The monoisotopic (exact) mass is 505 g/mol. The molecule has 5 rings (SSSR count). The number of H-pyrrole nitrogens is 1. The molecule has 4 aromatic rings. The summed E-state index contributed by atoms with van der Waals surface area (Å²) in [6, 6.07) is 21.3. The minimum atomic E-state index is -0.335. The summed E-state index contributed by atoms with van der Waals surface area (Å²) in [5, 5.41) is 8.03. The number of piperazine rings is 1. The van der Waals surface area contributed by atoms with Crippen molar-refractivity contribution in [3.63, 3.8) is 0 Å². The largest absolute Gasteiger partial charge is 0.484 e. The van der Waals surface area contributed by atoms with Crippen molar-refractivity contribution in [3.05, 3.63) is 89.2 Å². The Hall–Kier alpha value is -3.75. The van der Waals surface area contributed by atoms with Crippen LogP contribution in [-0.4, -0.2) is 63.7 Å². The first-order chi connectivity index (χ1) is 17.5. The number of carbonyl (C=O) groups is 1. The van der Waals surface area contributed by atoms with Crippen molar-refractivity contribution in [1.82, 2.24) is 25.0 Å². The van der Waals surface area contributed by atoms with E-state index in [4.69, 9.17) is 16.3 Å². The average Bonchev–Trinajstić information content (AvgIpc) is 3.40. The van der Waals surface area contributed by atoms with Crippen LogP contribution in [-0.2, 0) is 11.3 Å². The molecule has 0 saturated carbocycles. The molecule has 0 radical (unpaired) electrons. The number of hydrogen-bond donors (Lipinski definition) is 1. The molecule has 1 aromatic heterocycles.